The minimum absolute atomic E-state index is 0. The summed E-state index contributed by atoms with van der Waals surface area (Å²) in [6, 6.07) is 14.2. The van der Waals surface area contributed by atoms with Gasteiger partial charge in [-0.25, -0.2) is 4.99 Å². The normalized spacial score (nSPS) is 11.2. The quantitative estimate of drug-likeness (QED) is 0.369. The third-order valence-corrected chi connectivity index (χ3v) is 3.63. The molecule has 0 spiro atoms. The first-order valence-electron chi connectivity index (χ1n) is 8.44. The lowest BCUT2D eigenvalue weighted by Gasteiger charge is -2.11. The zero-order valence-electron chi connectivity index (χ0n) is 16.0. The van der Waals surface area contributed by atoms with Gasteiger partial charge in [0, 0.05) is 12.2 Å². The van der Waals surface area contributed by atoms with Gasteiger partial charge in [-0.1, -0.05) is 18.2 Å². The Balaban J connectivity index is 0.00000338. The van der Waals surface area contributed by atoms with E-state index in [0.29, 0.717) is 19.1 Å². The van der Waals surface area contributed by atoms with Crippen LogP contribution in [0.5, 0.6) is 5.75 Å². The summed E-state index contributed by atoms with van der Waals surface area (Å²) in [6.45, 7) is 6.18. The lowest BCUT2D eigenvalue weighted by atomic mass is 10.1. The summed E-state index contributed by atoms with van der Waals surface area (Å²) in [5, 5.41) is 3.15. The topological polar surface area (TPSA) is 62.9 Å². The molecule has 142 valence electrons. The minimum atomic E-state index is 0. The van der Waals surface area contributed by atoms with Gasteiger partial charge in [-0.3, -0.25) is 0 Å². The molecule has 0 atom stereocenters. The number of likely N-dealkylation sites (N-methyl/N-ethyl adjacent to an activating group) is 1. The maximum Gasteiger partial charge on any atom is 0.193 e. The molecule has 0 radical (unpaired) electrons. The Morgan fingerprint density at radius 3 is 2.46 bits per heavy atom. The van der Waals surface area contributed by atoms with Crippen LogP contribution in [0, 0.1) is 13.8 Å². The van der Waals surface area contributed by atoms with Gasteiger partial charge in [0.2, 0.25) is 0 Å². The number of ether oxygens (including phenoxy) is 1. The van der Waals surface area contributed by atoms with Gasteiger partial charge in [-0.15, -0.1) is 24.0 Å². The van der Waals surface area contributed by atoms with Crippen LogP contribution in [0.3, 0.4) is 0 Å². The summed E-state index contributed by atoms with van der Waals surface area (Å²) in [7, 11) is 4.06. The molecule has 0 amide bonds. The van der Waals surface area contributed by atoms with Gasteiger partial charge in [-0.05, 0) is 68.9 Å². The summed E-state index contributed by atoms with van der Waals surface area (Å²) in [6.07, 6.45) is 0. The molecular weight excluding hydrogens is 439 g/mol. The van der Waals surface area contributed by atoms with Crippen molar-refractivity contribution < 1.29 is 4.74 Å². The molecule has 0 aromatic heterocycles. The van der Waals surface area contributed by atoms with Crippen molar-refractivity contribution >= 4 is 35.6 Å². The van der Waals surface area contributed by atoms with E-state index in [1.165, 1.54) is 11.1 Å². The molecule has 5 nitrogen and oxygen atoms in total. The number of aliphatic imine (C=N–C) groups is 1. The van der Waals surface area contributed by atoms with Crippen LogP contribution in [0.1, 0.15) is 16.7 Å². The first-order chi connectivity index (χ1) is 11.9. The number of rotatable bonds is 7. The van der Waals surface area contributed by atoms with Crippen molar-refractivity contribution in [1.82, 2.24) is 4.90 Å². The summed E-state index contributed by atoms with van der Waals surface area (Å²) >= 11 is 0. The Bertz CT molecular complexity index is 711. The third kappa shape index (κ3) is 8.05. The molecule has 2 aromatic rings. The highest BCUT2D eigenvalue weighted by Crippen LogP contribution is 2.15. The van der Waals surface area contributed by atoms with Crippen molar-refractivity contribution in [3.8, 4) is 5.75 Å². The van der Waals surface area contributed by atoms with Crippen LogP contribution in [0.15, 0.2) is 47.5 Å². The zero-order chi connectivity index (χ0) is 18.2. The Morgan fingerprint density at radius 2 is 1.81 bits per heavy atom. The van der Waals surface area contributed by atoms with E-state index < -0.39 is 0 Å². The van der Waals surface area contributed by atoms with Crippen LogP contribution >= 0.6 is 24.0 Å². The molecule has 0 aliphatic carbocycles. The van der Waals surface area contributed by atoms with Crippen LogP contribution in [0.2, 0.25) is 0 Å². The van der Waals surface area contributed by atoms with E-state index in [1.54, 1.807) is 0 Å². The Morgan fingerprint density at radius 1 is 1.12 bits per heavy atom. The summed E-state index contributed by atoms with van der Waals surface area (Å²) in [5.74, 6) is 1.26. The van der Waals surface area contributed by atoms with Crippen LogP contribution in [-0.2, 0) is 6.54 Å². The van der Waals surface area contributed by atoms with E-state index in [-0.39, 0.29) is 24.0 Å². The molecule has 2 aromatic carbocycles. The number of anilines is 1. The highest BCUT2D eigenvalue weighted by molar-refractivity contribution is 14.0. The fraction of sp³-hybridized carbons (Fsp3) is 0.350. The Labute approximate surface area is 173 Å². The fourth-order valence-corrected chi connectivity index (χ4v) is 2.49. The lowest BCUT2D eigenvalue weighted by Crippen LogP contribution is -2.22. The summed E-state index contributed by atoms with van der Waals surface area (Å²) in [5.41, 5.74) is 10.4. The van der Waals surface area contributed by atoms with Crippen molar-refractivity contribution in [2.45, 2.75) is 20.4 Å². The molecule has 3 N–H and O–H groups in total. The zero-order valence-corrected chi connectivity index (χ0v) is 18.3. The highest BCUT2D eigenvalue weighted by Gasteiger charge is 2.00. The maximum absolute atomic E-state index is 6.01. The maximum atomic E-state index is 6.01. The monoisotopic (exact) mass is 468 g/mol. The highest BCUT2D eigenvalue weighted by atomic mass is 127. The molecule has 0 fully saturated rings. The van der Waals surface area contributed by atoms with E-state index >= 15 is 0 Å². The predicted octanol–water partition coefficient (Wildman–Crippen LogP) is 3.79. The van der Waals surface area contributed by atoms with Crippen molar-refractivity contribution in [1.29, 1.82) is 0 Å². The van der Waals surface area contributed by atoms with Crippen molar-refractivity contribution in [2.24, 2.45) is 10.7 Å². The number of nitrogens with one attached hydrogen (secondary N) is 1. The molecule has 0 unspecified atom stereocenters. The number of aryl methyl sites for hydroxylation is 2. The van der Waals surface area contributed by atoms with Gasteiger partial charge in [0.05, 0.1) is 6.54 Å². The summed E-state index contributed by atoms with van der Waals surface area (Å²) in [4.78, 5) is 6.51. The van der Waals surface area contributed by atoms with Crippen LogP contribution < -0.4 is 15.8 Å². The molecule has 26 heavy (non-hydrogen) atoms. The van der Waals surface area contributed by atoms with Gasteiger partial charge >= 0.3 is 0 Å². The van der Waals surface area contributed by atoms with Gasteiger partial charge in [-0.2, -0.15) is 0 Å². The molecule has 0 bridgehead atoms. The molecule has 6 heteroatoms. The molecule has 0 aliphatic heterocycles. The molecule has 0 aliphatic rings. The first kappa shape index (κ1) is 22.2. The molecule has 0 heterocycles. The average Bonchev–Trinajstić information content (AvgIpc) is 2.52. The molecular formula is C20H29IN4O. The number of nitrogens with two attached hydrogens (primary N) is 1. The smallest absolute Gasteiger partial charge is 0.193 e. The van der Waals surface area contributed by atoms with Gasteiger partial charge < -0.3 is 20.7 Å². The number of guanidine groups is 1. The predicted molar refractivity (Wildman–Crippen MR) is 121 cm³/mol. The van der Waals surface area contributed by atoms with Crippen LogP contribution in [-0.4, -0.2) is 38.1 Å². The van der Waals surface area contributed by atoms with Crippen LogP contribution in [0.25, 0.3) is 0 Å². The number of hydrogen-bond acceptors (Lipinski definition) is 3. The molecule has 0 saturated heterocycles. The van der Waals surface area contributed by atoms with Gasteiger partial charge in [0.1, 0.15) is 12.4 Å². The first-order valence-corrected chi connectivity index (χ1v) is 8.44. The number of benzene rings is 2. The van der Waals surface area contributed by atoms with Crippen molar-refractivity contribution in [3.63, 3.8) is 0 Å². The Kier molecular flexibility index (Phi) is 9.43. The fourth-order valence-electron chi connectivity index (χ4n) is 2.49. The second kappa shape index (κ2) is 11.0. The van der Waals surface area contributed by atoms with E-state index in [0.717, 1.165) is 23.5 Å². The van der Waals surface area contributed by atoms with Crippen molar-refractivity contribution in [3.05, 3.63) is 59.2 Å². The van der Waals surface area contributed by atoms with E-state index in [2.05, 4.69) is 47.3 Å². The third-order valence-electron chi connectivity index (χ3n) is 3.63. The average molecular weight is 468 g/mol. The second-order valence-electron chi connectivity index (χ2n) is 6.50. The lowest BCUT2D eigenvalue weighted by molar-refractivity contribution is 0.261. The van der Waals surface area contributed by atoms with Gasteiger partial charge in [0.25, 0.3) is 0 Å². The van der Waals surface area contributed by atoms with E-state index in [4.69, 9.17) is 10.5 Å². The van der Waals surface area contributed by atoms with E-state index in [9.17, 15) is 0 Å². The molecule has 2 rings (SSSR count). The SMILES string of the molecule is Cc1cc(C)cc(NC(N)=NCc2cccc(OCCN(C)C)c2)c1.I. The Hall–Kier alpha value is -1.80. The second-order valence-corrected chi connectivity index (χ2v) is 6.50. The van der Waals surface area contributed by atoms with E-state index in [1.807, 2.05) is 38.4 Å². The summed E-state index contributed by atoms with van der Waals surface area (Å²) < 4.78 is 5.75. The largest absolute Gasteiger partial charge is 0.492 e. The van der Waals surface area contributed by atoms with Gasteiger partial charge in [0.15, 0.2) is 5.96 Å². The van der Waals surface area contributed by atoms with Crippen LogP contribution in [0.4, 0.5) is 5.69 Å². The molecule has 0 saturated carbocycles. The van der Waals surface area contributed by atoms with Crippen molar-refractivity contribution in [2.75, 3.05) is 32.6 Å². The number of halogens is 1. The minimum Gasteiger partial charge on any atom is -0.492 e. The number of nitrogens with zero attached hydrogens (tertiary/aromatic N) is 2. The standard InChI is InChI=1S/C20H28N4O.HI/c1-15-10-16(2)12-18(11-15)23-20(21)22-14-17-6-5-7-19(13-17)25-9-8-24(3)4;/h5-7,10-13H,8-9,14H2,1-4H3,(H3,21,22,23);1H. The number of hydrogen-bond donors (Lipinski definition) is 2.